The summed E-state index contributed by atoms with van der Waals surface area (Å²) in [7, 11) is 0. The van der Waals surface area contributed by atoms with Crippen molar-refractivity contribution in [3.8, 4) is 5.75 Å². The van der Waals surface area contributed by atoms with E-state index >= 15 is 0 Å². The van der Waals surface area contributed by atoms with Crippen LogP contribution in [0.4, 0.5) is 0 Å². The van der Waals surface area contributed by atoms with Crippen LogP contribution in [0.25, 0.3) is 0 Å². The van der Waals surface area contributed by atoms with E-state index in [-0.39, 0.29) is 6.04 Å². The molecular weight excluding hydrogens is 212 g/mol. The molecule has 3 heteroatoms. The quantitative estimate of drug-likeness (QED) is 0.839. The van der Waals surface area contributed by atoms with E-state index < -0.39 is 0 Å². The van der Waals surface area contributed by atoms with Crippen molar-refractivity contribution in [3.63, 3.8) is 0 Å². The first kappa shape index (κ1) is 12.4. The highest BCUT2D eigenvalue weighted by Gasteiger charge is 2.25. The van der Waals surface area contributed by atoms with Gasteiger partial charge in [-0.25, -0.2) is 0 Å². The number of phenols is 1. The molecule has 0 radical (unpaired) electrons. The summed E-state index contributed by atoms with van der Waals surface area (Å²) in [6.07, 6.45) is 3.43. The minimum absolute atomic E-state index is 0.281. The van der Waals surface area contributed by atoms with Crippen LogP contribution >= 0.6 is 0 Å². The molecule has 1 heterocycles. The molecule has 1 atom stereocenters. The number of aryl methyl sites for hydroxylation is 1. The van der Waals surface area contributed by atoms with Gasteiger partial charge in [-0.2, -0.15) is 0 Å². The van der Waals surface area contributed by atoms with Crippen LogP contribution in [0.2, 0.25) is 0 Å². The lowest BCUT2D eigenvalue weighted by Crippen LogP contribution is -2.28. The van der Waals surface area contributed by atoms with Crippen LogP contribution in [0.3, 0.4) is 0 Å². The minimum Gasteiger partial charge on any atom is -0.508 e. The molecule has 1 saturated heterocycles. The van der Waals surface area contributed by atoms with Crippen molar-refractivity contribution < 1.29 is 5.11 Å². The Morgan fingerprint density at radius 2 is 2.06 bits per heavy atom. The molecule has 2 rings (SSSR count). The third-order valence-electron chi connectivity index (χ3n) is 3.66. The Labute approximate surface area is 103 Å². The van der Waals surface area contributed by atoms with Crippen LogP contribution in [0.15, 0.2) is 18.2 Å². The minimum atomic E-state index is 0.281. The Morgan fingerprint density at radius 3 is 2.65 bits per heavy atom. The maximum Gasteiger partial charge on any atom is 0.120 e. The Bertz CT molecular complexity index is 352. The molecule has 0 bridgehead atoms. The van der Waals surface area contributed by atoms with E-state index in [1.807, 2.05) is 6.07 Å². The van der Waals surface area contributed by atoms with Crippen LogP contribution in [0.5, 0.6) is 5.75 Å². The first-order valence-electron chi connectivity index (χ1n) is 6.46. The van der Waals surface area contributed by atoms with E-state index in [1.54, 1.807) is 6.07 Å². The van der Waals surface area contributed by atoms with Crippen molar-refractivity contribution in [1.29, 1.82) is 0 Å². The third kappa shape index (κ3) is 2.61. The van der Waals surface area contributed by atoms with Gasteiger partial charge in [0.1, 0.15) is 5.75 Å². The van der Waals surface area contributed by atoms with Gasteiger partial charge in [0, 0.05) is 11.6 Å². The second kappa shape index (κ2) is 5.52. The monoisotopic (exact) mass is 234 g/mol. The second-order valence-corrected chi connectivity index (χ2v) is 4.84. The molecular formula is C14H22N2O. The molecule has 0 amide bonds. The fourth-order valence-electron chi connectivity index (χ4n) is 2.82. The molecule has 0 spiro atoms. The summed E-state index contributed by atoms with van der Waals surface area (Å²) >= 11 is 0. The Morgan fingerprint density at radius 1 is 1.35 bits per heavy atom. The van der Waals surface area contributed by atoms with Gasteiger partial charge in [-0.3, -0.25) is 4.90 Å². The molecule has 1 aliphatic heterocycles. The predicted octanol–water partition coefficient (Wildman–Crippen LogP) is 2.19. The highest BCUT2D eigenvalue weighted by atomic mass is 16.3. The predicted molar refractivity (Wildman–Crippen MR) is 70.1 cm³/mol. The highest BCUT2D eigenvalue weighted by molar-refractivity contribution is 5.41. The first-order chi connectivity index (χ1) is 8.24. The van der Waals surface area contributed by atoms with Gasteiger partial charge in [0.15, 0.2) is 0 Å². The van der Waals surface area contributed by atoms with Gasteiger partial charge in [0.05, 0.1) is 0 Å². The molecule has 0 aromatic heterocycles. The van der Waals surface area contributed by atoms with E-state index in [0.29, 0.717) is 12.3 Å². The molecule has 17 heavy (non-hydrogen) atoms. The topological polar surface area (TPSA) is 49.5 Å². The van der Waals surface area contributed by atoms with Crippen molar-refractivity contribution in [1.82, 2.24) is 4.90 Å². The molecule has 1 fully saturated rings. The summed E-state index contributed by atoms with van der Waals surface area (Å²) in [5, 5.41) is 10.1. The average molecular weight is 234 g/mol. The third-order valence-corrected chi connectivity index (χ3v) is 3.66. The maximum absolute atomic E-state index is 10.1. The van der Waals surface area contributed by atoms with Crippen LogP contribution in [0.1, 0.15) is 36.4 Å². The summed E-state index contributed by atoms with van der Waals surface area (Å²) in [5.74, 6) is 0.412. The van der Waals surface area contributed by atoms with Gasteiger partial charge < -0.3 is 10.8 Å². The average Bonchev–Trinajstić information content (AvgIpc) is 2.80. The number of nitrogens with zero attached hydrogens (tertiary/aromatic N) is 1. The van der Waals surface area contributed by atoms with Crippen LogP contribution in [0, 0.1) is 6.92 Å². The fourth-order valence-corrected chi connectivity index (χ4v) is 2.82. The van der Waals surface area contributed by atoms with E-state index in [1.165, 1.54) is 12.8 Å². The van der Waals surface area contributed by atoms with Crippen molar-refractivity contribution >= 4 is 0 Å². The molecule has 1 aliphatic rings. The zero-order valence-electron chi connectivity index (χ0n) is 10.5. The summed E-state index contributed by atoms with van der Waals surface area (Å²) in [6, 6.07) is 6.03. The molecule has 3 nitrogen and oxygen atoms in total. The molecule has 1 aromatic rings. The Hall–Kier alpha value is -1.06. The van der Waals surface area contributed by atoms with E-state index in [0.717, 1.165) is 30.6 Å². The van der Waals surface area contributed by atoms with Crippen molar-refractivity contribution in [2.45, 2.75) is 32.2 Å². The Kier molecular flexibility index (Phi) is 4.02. The van der Waals surface area contributed by atoms with E-state index in [4.69, 9.17) is 5.73 Å². The summed E-state index contributed by atoms with van der Waals surface area (Å²) < 4.78 is 0. The zero-order chi connectivity index (χ0) is 12.3. The van der Waals surface area contributed by atoms with Crippen molar-refractivity contribution in [2.75, 3.05) is 19.6 Å². The van der Waals surface area contributed by atoms with Gasteiger partial charge in [-0.15, -0.1) is 0 Å². The van der Waals surface area contributed by atoms with Gasteiger partial charge in [-0.05, 0) is 57.5 Å². The molecule has 0 saturated carbocycles. The van der Waals surface area contributed by atoms with Crippen LogP contribution in [-0.4, -0.2) is 29.6 Å². The summed E-state index contributed by atoms with van der Waals surface area (Å²) in [4.78, 5) is 2.45. The standard InChI is InChI=1S/C14H22N2O/c1-11-5-4-6-13(17)14(11)12(7-8-15)16-9-2-3-10-16/h4-6,12,17H,2-3,7-10,15H2,1H3. The number of aromatic hydroxyl groups is 1. The number of phenolic OH excluding ortho intramolecular Hbond substituents is 1. The van der Waals surface area contributed by atoms with E-state index in [2.05, 4.69) is 17.9 Å². The first-order valence-corrected chi connectivity index (χ1v) is 6.46. The van der Waals surface area contributed by atoms with Gasteiger partial charge in [0.2, 0.25) is 0 Å². The molecule has 3 N–H and O–H groups in total. The number of rotatable bonds is 4. The number of hydrogen-bond acceptors (Lipinski definition) is 3. The lowest BCUT2D eigenvalue weighted by molar-refractivity contribution is 0.230. The maximum atomic E-state index is 10.1. The number of hydrogen-bond donors (Lipinski definition) is 2. The van der Waals surface area contributed by atoms with E-state index in [9.17, 15) is 5.11 Å². The highest BCUT2D eigenvalue weighted by Crippen LogP contribution is 2.35. The summed E-state index contributed by atoms with van der Waals surface area (Å²) in [6.45, 7) is 4.97. The fraction of sp³-hybridized carbons (Fsp3) is 0.571. The SMILES string of the molecule is Cc1cccc(O)c1C(CCN)N1CCCC1. The zero-order valence-corrected chi connectivity index (χ0v) is 10.5. The van der Waals surface area contributed by atoms with Gasteiger partial charge >= 0.3 is 0 Å². The lowest BCUT2D eigenvalue weighted by Gasteiger charge is -2.29. The van der Waals surface area contributed by atoms with Crippen molar-refractivity contribution in [2.24, 2.45) is 5.73 Å². The Balaban J connectivity index is 2.31. The van der Waals surface area contributed by atoms with Gasteiger partial charge in [-0.1, -0.05) is 12.1 Å². The number of nitrogens with two attached hydrogens (primary N) is 1. The van der Waals surface area contributed by atoms with Gasteiger partial charge in [0.25, 0.3) is 0 Å². The number of likely N-dealkylation sites (tertiary alicyclic amines) is 1. The van der Waals surface area contributed by atoms with Crippen molar-refractivity contribution in [3.05, 3.63) is 29.3 Å². The molecule has 0 aliphatic carbocycles. The largest absolute Gasteiger partial charge is 0.508 e. The molecule has 1 unspecified atom stereocenters. The molecule has 1 aromatic carbocycles. The normalized spacial score (nSPS) is 18.5. The smallest absolute Gasteiger partial charge is 0.120 e. The lowest BCUT2D eigenvalue weighted by atomic mass is 9.96. The van der Waals surface area contributed by atoms with Crippen LogP contribution in [-0.2, 0) is 0 Å². The summed E-state index contributed by atoms with van der Waals surface area (Å²) in [5.41, 5.74) is 7.96. The molecule has 94 valence electrons. The second-order valence-electron chi connectivity index (χ2n) is 4.84. The number of benzene rings is 1. The van der Waals surface area contributed by atoms with Crippen LogP contribution < -0.4 is 5.73 Å².